The Morgan fingerprint density at radius 3 is 2.39 bits per heavy atom. The number of hydrogen-bond acceptors (Lipinski definition) is 3. The van der Waals surface area contributed by atoms with Crippen molar-refractivity contribution in [3.8, 4) is 5.75 Å². The van der Waals surface area contributed by atoms with E-state index in [0.29, 0.717) is 12.3 Å². The Kier molecular flexibility index (Phi) is 7.80. The molecule has 0 heterocycles. The third-order valence-electron chi connectivity index (χ3n) is 5.45. The number of carbonyl (C=O) groups excluding carboxylic acids is 2. The molecule has 3 aromatic carbocycles. The second-order valence-corrected chi connectivity index (χ2v) is 10.0. The molecule has 0 unspecified atom stereocenters. The highest BCUT2D eigenvalue weighted by Gasteiger charge is 2.29. The summed E-state index contributed by atoms with van der Waals surface area (Å²) in [5.74, 6) is 0.135. The molecule has 0 bridgehead atoms. The van der Waals surface area contributed by atoms with Gasteiger partial charge < -0.3 is 15.0 Å². The van der Waals surface area contributed by atoms with Crippen LogP contribution in [-0.4, -0.2) is 34.9 Å². The molecule has 3 rings (SSSR count). The quantitative estimate of drug-likeness (QED) is 0.448. The highest BCUT2D eigenvalue weighted by Crippen LogP contribution is 2.33. The van der Waals surface area contributed by atoms with Gasteiger partial charge in [0.1, 0.15) is 11.8 Å². The standard InChI is InChI=1S/C27H31BrN2O3/c1-18-10-6-7-12-21(18)16-30(19(2)26(32)29-27(3,4)5)24(31)17-33-23-15-14-20-11-8-9-13-22(20)25(23)28/h6-15,19H,16-17H2,1-5H3,(H,29,32)/t19-/m1/s1. The first kappa shape index (κ1) is 24.8. The average molecular weight is 511 g/mol. The zero-order chi connectivity index (χ0) is 24.2. The second kappa shape index (κ2) is 10.4. The van der Waals surface area contributed by atoms with E-state index in [1.54, 1.807) is 11.8 Å². The van der Waals surface area contributed by atoms with Crippen molar-refractivity contribution in [3.05, 3.63) is 76.3 Å². The molecule has 0 fully saturated rings. The molecule has 174 valence electrons. The zero-order valence-corrected chi connectivity index (χ0v) is 21.4. The minimum atomic E-state index is -0.653. The number of amides is 2. The van der Waals surface area contributed by atoms with Crippen molar-refractivity contribution < 1.29 is 14.3 Å². The summed E-state index contributed by atoms with van der Waals surface area (Å²) >= 11 is 3.60. The minimum Gasteiger partial charge on any atom is -0.483 e. The molecule has 0 radical (unpaired) electrons. The summed E-state index contributed by atoms with van der Waals surface area (Å²) in [7, 11) is 0. The molecular weight excluding hydrogens is 480 g/mol. The maximum atomic E-state index is 13.3. The lowest BCUT2D eigenvalue weighted by molar-refractivity contribution is -0.142. The lowest BCUT2D eigenvalue weighted by atomic mass is 10.1. The topological polar surface area (TPSA) is 58.6 Å². The molecule has 2 amide bonds. The molecule has 1 N–H and O–H groups in total. The average Bonchev–Trinajstić information content (AvgIpc) is 2.76. The Morgan fingerprint density at radius 1 is 1.03 bits per heavy atom. The highest BCUT2D eigenvalue weighted by molar-refractivity contribution is 9.10. The fourth-order valence-electron chi connectivity index (χ4n) is 3.58. The van der Waals surface area contributed by atoms with Crippen LogP contribution in [0.15, 0.2) is 65.1 Å². The molecule has 3 aromatic rings. The number of fused-ring (bicyclic) bond motifs is 1. The maximum absolute atomic E-state index is 13.3. The molecule has 0 aliphatic rings. The Hall–Kier alpha value is -2.86. The van der Waals surface area contributed by atoms with Crippen molar-refractivity contribution in [2.24, 2.45) is 0 Å². The SMILES string of the molecule is Cc1ccccc1CN(C(=O)COc1ccc2ccccc2c1Br)[C@H](C)C(=O)NC(C)(C)C. The van der Waals surface area contributed by atoms with Gasteiger partial charge >= 0.3 is 0 Å². The van der Waals surface area contributed by atoms with Gasteiger partial charge in [0.25, 0.3) is 5.91 Å². The maximum Gasteiger partial charge on any atom is 0.261 e. The summed E-state index contributed by atoms with van der Waals surface area (Å²) in [6.45, 7) is 9.68. The van der Waals surface area contributed by atoms with Crippen LogP contribution < -0.4 is 10.1 Å². The van der Waals surface area contributed by atoms with Gasteiger partial charge in [-0.1, -0.05) is 54.6 Å². The van der Waals surface area contributed by atoms with E-state index < -0.39 is 11.6 Å². The fraction of sp³-hybridized carbons (Fsp3) is 0.333. The fourth-order valence-corrected chi connectivity index (χ4v) is 4.18. The molecular formula is C27H31BrN2O3. The molecule has 1 atom stereocenters. The van der Waals surface area contributed by atoms with Gasteiger partial charge in [-0.15, -0.1) is 0 Å². The number of aryl methyl sites for hydroxylation is 1. The van der Waals surface area contributed by atoms with Crippen LogP contribution in [-0.2, 0) is 16.1 Å². The summed E-state index contributed by atoms with van der Waals surface area (Å²) < 4.78 is 6.72. The third kappa shape index (κ3) is 6.35. The predicted octanol–water partition coefficient (Wildman–Crippen LogP) is 5.62. The Balaban J connectivity index is 1.82. The zero-order valence-electron chi connectivity index (χ0n) is 19.8. The van der Waals surface area contributed by atoms with Gasteiger partial charge in [0.2, 0.25) is 5.91 Å². The van der Waals surface area contributed by atoms with Crippen LogP contribution in [0.5, 0.6) is 5.75 Å². The first-order valence-corrected chi connectivity index (χ1v) is 11.8. The number of nitrogens with zero attached hydrogens (tertiary/aromatic N) is 1. The van der Waals surface area contributed by atoms with E-state index in [9.17, 15) is 9.59 Å². The summed E-state index contributed by atoms with van der Waals surface area (Å²) in [6.07, 6.45) is 0. The van der Waals surface area contributed by atoms with Gasteiger partial charge in [-0.3, -0.25) is 9.59 Å². The van der Waals surface area contributed by atoms with E-state index in [1.807, 2.05) is 88.4 Å². The normalized spacial score (nSPS) is 12.3. The number of rotatable bonds is 7. The molecule has 33 heavy (non-hydrogen) atoms. The molecule has 0 saturated heterocycles. The van der Waals surface area contributed by atoms with Gasteiger partial charge in [0.15, 0.2) is 6.61 Å². The first-order chi connectivity index (χ1) is 15.6. The Labute approximate surface area is 204 Å². The van der Waals surface area contributed by atoms with Crippen LogP contribution in [0.25, 0.3) is 10.8 Å². The number of nitrogens with one attached hydrogen (secondary N) is 1. The molecule has 0 aromatic heterocycles. The second-order valence-electron chi connectivity index (χ2n) is 9.25. The van der Waals surface area contributed by atoms with Gasteiger partial charge in [0.05, 0.1) is 4.47 Å². The van der Waals surface area contributed by atoms with E-state index in [1.165, 1.54) is 0 Å². The largest absolute Gasteiger partial charge is 0.483 e. The molecule has 5 nitrogen and oxygen atoms in total. The van der Waals surface area contributed by atoms with Gasteiger partial charge in [-0.2, -0.15) is 0 Å². The first-order valence-electron chi connectivity index (χ1n) is 11.0. The van der Waals surface area contributed by atoms with Crippen LogP contribution in [0.1, 0.15) is 38.8 Å². The predicted molar refractivity (Wildman–Crippen MR) is 136 cm³/mol. The molecule has 0 spiro atoms. The molecule has 6 heteroatoms. The van der Waals surface area contributed by atoms with Crippen LogP contribution in [0.4, 0.5) is 0 Å². The smallest absolute Gasteiger partial charge is 0.261 e. The van der Waals surface area contributed by atoms with Gasteiger partial charge in [-0.25, -0.2) is 0 Å². The summed E-state index contributed by atoms with van der Waals surface area (Å²) in [5.41, 5.74) is 1.67. The van der Waals surface area contributed by atoms with Crippen molar-refractivity contribution >= 4 is 38.5 Å². The van der Waals surface area contributed by atoms with E-state index in [4.69, 9.17) is 4.74 Å². The number of benzene rings is 3. The van der Waals surface area contributed by atoms with Crippen LogP contribution in [0.2, 0.25) is 0 Å². The van der Waals surface area contributed by atoms with E-state index in [2.05, 4.69) is 21.2 Å². The van der Waals surface area contributed by atoms with Crippen LogP contribution in [0, 0.1) is 6.92 Å². The highest BCUT2D eigenvalue weighted by atomic mass is 79.9. The summed E-state index contributed by atoms with van der Waals surface area (Å²) in [6, 6.07) is 19.0. The number of ether oxygens (including phenoxy) is 1. The van der Waals surface area contributed by atoms with Crippen molar-refractivity contribution in [1.29, 1.82) is 0 Å². The van der Waals surface area contributed by atoms with Gasteiger partial charge in [-0.05, 0) is 78.5 Å². The number of hydrogen-bond donors (Lipinski definition) is 1. The van der Waals surface area contributed by atoms with Crippen LogP contribution >= 0.6 is 15.9 Å². The van der Waals surface area contributed by atoms with E-state index in [-0.39, 0.29) is 18.4 Å². The molecule has 0 aliphatic heterocycles. The Bertz CT molecular complexity index is 1150. The number of halogens is 1. The van der Waals surface area contributed by atoms with Crippen molar-refractivity contribution in [2.45, 2.75) is 52.7 Å². The number of carbonyl (C=O) groups is 2. The lowest BCUT2D eigenvalue weighted by Crippen LogP contribution is -2.53. The molecule has 0 aliphatic carbocycles. The summed E-state index contributed by atoms with van der Waals surface area (Å²) in [4.78, 5) is 27.8. The van der Waals surface area contributed by atoms with E-state index >= 15 is 0 Å². The van der Waals surface area contributed by atoms with E-state index in [0.717, 1.165) is 26.4 Å². The van der Waals surface area contributed by atoms with Crippen LogP contribution in [0.3, 0.4) is 0 Å². The third-order valence-corrected chi connectivity index (χ3v) is 6.26. The van der Waals surface area contributed by atoms with Crippen molar-refractivity contribution in [2.75, 3.05) is 6.61 Å². The monoisotopic (exact) mass is 510 g/mol. The lowest BCUT2D eigenvalue weighted by Gasteiger charge is -2.31. The minimum absolute atomic E-state index is 0.171. The summed E-state index contributed by atoms with van der Waals surface area (Å²) in [5, 5.41) is 5.07. The van der Waals surface area contributed by atoms with Gasteiger partial charge in [0, 0.05) is 12.1 Å². The van der Waals surface area contributed by atoms with Crippen molar-refractivity contribution in [3.63, 3.8) is 0 Å². The Morgan fingerprint density at radius 2 is 1.70 bits per heavy atom. The van der Waals surface area contributed by atoms with Crippen molar-refractivity contribution in [1.82, 2.24) is 10.2 Å². The molecule has 0 saturated carbocycles.